The van der Waals surface area contributed by atoms with Crippen LogP contribution in [-0.2, 0) is 11.3 Å². The number of carbonyl (C=O) groups excluding carboxylic acids is 1. The molecule has 20 heavy (non-hydrogen) atoms. The maximum Gasteiger partial charge on any atom is 0.340 e. The highest BCUT2D eigenvalue weighted by Crippen LogP contribution is 2.23. The van der Waals surface area contributed by atoms with Gasteiger partial charge in [0.15, 0.2) is 0 Å². The number of esters is 1. The summed E-state index contributed by atoms with van der Waals surface area (Å²) in [6.45, 7) is 9.05. The summed E-state index contributed by atoms with van der Waals surface area (Å²) in [5, 5.41) is 0.943. The van der Waals surface area contributed by atoms with Crippen LogP contribution in [0.15, 0.2) is 37.1 Å². The van der Waals surface area contributed by atoms with Gasteiger partial charge in [0.05, 0.1) is 12.2 Å². The number of benzene rings is 1. The van der Waals surface area contributed by atoms with Gasteiger partial charge in [0, 0.05) is 23.6 Å². The van der Waals surface area contributed by atoms with Crippen molar-refractivity contribution in [1.29, 1.82) is 0 Å². The van der Waals surface area contributed by atoms with E-state index in [0.29, 0.717) is 18.7 Å². The van der Waals surface area contributed by atoms with E-state index in [0.717, 1.165) is 23.7 Å². The van der Waals surface area contributed by atoms with Crippen LogP contribution >= 0.6 is 0 Å². The first-order valence-electron chi connectivity index (χ1n) is 7.05. The third kappa shape index (κ3) is 2.93. The van der Waals surface area contributed by atoms with Crippen LogP contribution in [0.1, 0.15) is 35.7 Å². The SMILES string of the molecule is C=CCn1cc(C(=O)OCCCC)c2ccc(C)cc21. The fraction of sp³-hybridized carbons (Fsp3) is 0.353. The third-order valence-electron chi connectivity index (χ3n) is 3.31. The smallest absolute Gasteiger partial charge is 0.340 e. The summed E-state index contributed by atoms with van der Waals surface area (Å²) in [5.74, 6) is -0.241. The van der Waals surface area contributed by atoms with Crippen LogP contribution in [0.3, 0.4) is 0 Å². The van der Waals surface area contributed by atoms with E-state index in [1.54, 1.807) is 0 Å². The minimum Gasteiger partial charge on any atom is -0.462 e. The van der Waals surface area contributed by atoms with E-state index in [1.165, 1.54) is 5.56 Å². The Bertz CT molecular complexity index is 625. The highest BCUT2D eigenvalue weighted by Gasteiger charge is 2.15. The van der Waals surface area contributed by atoms with Gasteiger partial charge in [-0.25, -0.2) is 4.79 Å². The van der Waals surface area contributed by atoms with Gasteiger partial charge >= 0.3 is 5.97 Å². The molecule has 0 spiro atoms. The average Bonchev–Trinajstić information content (AvgIpc) is 2.78. The van der Waals surface area contributed by atoms with Crippen molar-refractivity contribution < 1.29 is 9.53 Å². The second-order valence-electron chi connectivity index (χ2n) is 4.99. The Morgan fingerprint density at radius 3 is 2.95 bits per heavy atom. The molecule has 1 heterocycles. The van der Waals surface area contributed by atoms with Crippen molar-refractivity contribution >= 4 is 16.9 Å². The normalized spacial score (nSPS) is 10.7. The molecular formula is C17H21NO2. The van der Waals surface area contributed by atoms with Crippen LogP contribution in [0.4, 0.5) is 0 Å². The summed E-state index contributed by atoms with van der Waals surface area (Å²) in [6, 6.07) is 6.09. The largest absolute Gasteiger partial charge is 0.462 e. The predicted octanol–water partition coefficient (Wildman–Crippen LogP) is 4.09. The van der Waals surface area contributed by atoms with E-state index in [-0.39, 0.29) is 5.97 Å². The van der Waals surface area contributed by atoms with E-state index >= 15 is 0 Å². The minimum atomic E-state index is -0.241. The number of rotatable bonds is 6. The highest BCUT2D eigenvalue weighted by atomic mass is 16.5. The van der Waals surface area contributed by atoms with Crippen LogP contribution in [0.5, 0.6) is 0 Å². The monoisotopic (exact) mass is 271 g/mol. The molecule has 0 atom stereocenters. The lowest BCUT2D eigenvalue weighted by Gasteiger charge is -2.02. The number of hydrogen-bond donors (Lipinski definition) is 0. The molecule has 0 saturated heterocycles. The van der Waals surface area contributed by atoms with Gasteiger partial charge in [0.1, 0.15) is 0 Å². The standard InChI is InChI=1S/C17H21NO2/c1-4-6-10-20-17(19)15-12-18(9-5-2)16-11-13(3)7-8-14(15)16/h5,7-8,11-12H,2,4,6,9-10H2,1,3H3. The molecule has 0 fully saturated rings. The molecule has 0 unspecified atom stereocenters. The molecule has 0 radical (unpaired) electrons. The molecule has 2 aromatic rings. The van der Waals surface area contributed by atoms with Gasteiger partial charge in [-0.1, -0.05) is 31.6 Å². The summed E-state index contributed by atoms with van der Waals surface area (Å²) in [5.41, 5.74) is 2.86. The third-order valence-corrected chi connectivity index (χ3v) is 3.31. The van der Waals surface area contributed by atoms with E-state index in [4.69, 9.17) is 4.74 Å². The second kappa shape index (κ2) is 6.42. The number of aryl methyl sites for hydroxylation is 1. The lowest BCUT2D eigenvalue weighted by atomic mass is 10.1. The average molecular weight is 271 g/mol. The molecule has 1 aromatic heterocycles. The van der Waals surface area contributed by atoms with Crippen LogP contribution in [-0.4, -0.2) is 17.1 Å². The number of ether oxygens (including phenoxy) is 1. The lowest BCUT2D eigenvalue weighted by molar-refractivity contribution is 0.0502. The molecule has 3 nitrogen and oxygen atoms in total. The number of unbranched alkanes of at least 4 members (excludes halogenated alkanes) is 1. The second-order valence-corrected chi connectivity index (χ2v) is 4.99. The van der Waals surface area contributed by atoms with Gasteiger partial charge in [0.25, 0.3) is 0 Å². The topological polar surface area (TPSA) is 31.2 Å². The molecule has 0 aliphatic heterocycles. The summed E-state index contributed by atoms with van der Waals surface area (Å²) in [7, 11) is 0. The van der Waals surface area contributed by atoms with Crippen LogP contribution in [0, 0.1) is 6.92 Å². The fourth-order valence-electron chi connectivity index (χ4n) is 2.24. The van der Waals surface area contributed by atoms with Crippen LogP contribution < -0.4 is 0 Å². The predicted molar refractivity (Wildman–Crippen MR) is 82.1 cm³/mol. The number of nitrogens with zero attached hydrogens (tertiary/aromatic N) is 1. The molecule has 1 aromatic carbocycles. The van der Waals surface area contributed by atoms with Crippen LogP contribution in [0.25, 0.3) is 10.9 Å². The Morgan fingerprint density at radius 1 is 1.45 bits per heavy atom. The van der Waals surface area contributed by atoms with Crippen LogP contribution in [0.2, 0.25) is 0 Å². The van der Waals surface area contributed by atoms with Gasteiger partial charge < -0.3 is 9.30 Å². The van der Waals surface area contributed by atoms with Crippen molar-refractivity contribution in [3.63, 3.8) is 0 Å². The maximum atomic E-state index is 12.2. The molecule has 0 saturated carbocycles. The first-order chi connectivity index (χ1) is 9.67. The molecule has 0 bridgehead atoms. The van der Waals surface area contributed by atoms with Crippen molar-refractivity contribution in [2.24, 2.45) is 0 Å². The number of aromatic nitrogens is 1. The Morgan fingerprint density at radius 2 is 2.25 bits per heavy atom. The Balaban J connectivity index is 2.37. The van der Waals surface area contributed by atoms with Crippen molar-refractivity contribution in [1.82, 2.24) is 4.57 Å². The van der Waals surface area contributed by atoms with Crippen molar-refractivity contribution in [3.05, 3.63) is 48.2 Å². The van der Waals surface area contributed by atoms with Crippen molar-refractivity contribution in [2.75, 3.05) is 6.61 Å². The zero-order chi connectivity index (χ0) is 14.5. The summed E-state index contributed by atoms with van der Waals surface area (Å²) in [6.07, 6.45) is 5.61. The number of hydrogen-bond acceptors (Lipinski definition) is 2. The van der Waals surface area contributed by atoms with Gasteiger partial charge in [-0.2, -0.15) is 0 Å². The van der Waals surface area contributed by atoms with Gasteiger partial charge in [0.2, 0.25) is 0 Å². The number of allylic oxidation sites excluding steroid dienone is 1. The van der Waals surface area contributed by atoms with E-state index in [9.17, 15) is 4.79 Å². The Kier molecular flexibility index (Phi) is 4.61. The summed E-state index contributed by atoms with van der Waals surface area (Å²) in [4.78, 5) is 12.2. The highest BCUT2D eigenvalue weighted by molar-refractivity contribution is 6.04. The van der Waals surface area contributed by atoms with Crippen molar-refractivity contribution in [3.8, 4) is 0 Å². The fourth-order valence-corrected chi connectivity index (χ4v) is 2.24. The number of fused-ring (bicyclic) bond motifs is 1. The molecule has 3 heteroatoms. The molecule has 0 N–H and O–H groups in total. The van der Waals surface area contributed by atoms with E-state index in [1.807, 2.05) is 35.9 Å². The number of carbonyl (C=O) groups is 1. The molecule has 2 rings (SSSR count). The maximum absolute atomic E-state index is 12.2. The summed E-state index contributed by atoms with van der Waals surface area (Å²) < 4.78 is 7.35. The summed E-state index contributed by atoms with van der Waals surface area (Å²) >= 11 is 0. The first-order valence-corrected chi connectivity index (χ1v) is 7.05. The van der Waals surface area contributed by atoms with E-state index < -0.39 is 0 Å². The Hall–Kier alpha value is -2.03. The quantitative estimate of drug-likeness (QED) is 0.450. The van der Waals surface area contributed by atoms with Gasteiger partial charge in [-0.15, -0.1) is 6.58 Å². The Labute approximate surface area is 119 Å². The zero-order valence-electron chi connectivity index (χ0n) is 12.2. The zero-order valence-corrected chi connectivity index (χ0v) is 12.2. The molecular weight excluding hydrogens is 250 g/mol. The molecule has 0 aliphatic carbocycles. The minimum absolute atomic E-state index is 0.241. The lowest BCUT2D eigenvalue weighted by Crippen LogP contribution is -2.05. The van der Waals surface area contributed by atoms with Gasteiger partial charge in [-0.3, -0.25) is 0 Å². The molecule has 106 valence electrons. The van der Waals surface area contributed by atoms with E-state index in [2.05, 4.69) is 19.6 Å². The first kappa shape index (κ1) is 14.4. The van der Waals surface area contributed by atoms with Crippen molar-refractivity contribution in [2.45, 2.75) is 33.2 Å². The molecule has 0 aliphatic rings. The van der Waals surface area contributed by atoms with Gasteiger partial charge in [-0.05, 0) is 25.0 Å². The molecule has 0 amide bonds.